The predicted octanol–water partition coefficient (Wildman–Crippen LogP) is 6.18. The van der Waals surface area contributed by atoms with E-state index in [1.54, 1.807) is 36.0 Å². The third-order valence-corrected chi connectivity index (χ3v) is 6.82. The summed E-state index contributed by atoms with van der Waals surface area (Å²) in [4.78, 5) is 26.3. The monoisotopic (exact) mass is 504 g/mol. The molecule has 2 amide bonds. The highest BCUT2D eigenvalue weighted by molar-refractivity contribution is 7.98. The molecule has 8 heteroatoms. The Morgan fingerprint density at radius 1 is 1.09 bits per heavy atom. The number of thioether (sulfide) groups is 1. The van der Waals surface area contributed by atoms with Crippen LogP contribution in [0, 0.1) is 6.92 Å². The van der Waals surface area contributed by atoms with Crippen molar-refractivity contribution in [2.24, 2.45) is 0 Å². The molecule has 0 aliphatic rings. The van der Waals surface area contributed by atoms with Gasteiger partial charge in [-0.05, 0) is 54.3 Å². The molecule has 0 radical (unpaired) electrons. The Morgan fingerprint density at radius 2 is 1.94 bits per heavy atom. The smallest absolute Gasteiger partial charge is 0.267 e. The fourth-order valence-corrected chi connectivity index (χ4v) is 4.88. The Hall–Kier alpha value is -2.25. The maximum absolute atomic E-state index is 12.8. The normalized spacial score (nSPS) is 11.3. The van der Waals surface area contributed by atoms with Gasteiger partial charge < -0.3 is 10.6 Å². The second kappa shape index (κ2) is 12.1. The molecule has 32 heavy (non-hydrogen) atoms. The molecule has 2 aromatic carbocycles. The number of nitrogens with one attached hydrogen (secondary N) is 2. The Labute approximate surface area is 206 Å². The number of amides is 2. The topological polar surface area (TPSA) is 58.2 Å². The first-order valence-electron chi connectivity index (χ1n) is 9.85. The lowest BCUT2D eigenvalue weighted by molar-refractivity contribution is -0.117. The summed E-state index contributed by atoms with van der Waals surface area (Å²) in [5, 5.41) is 8.80. The standard InChI is InChI=1S/C24H22Cl2N2O2S2/c1-16-4-2-5-17(12-16)23(29)28-22(14-20-6-3-10-32-20)24(30)27-9-11-31-15-18-7-8-19(25)13-21(18)26/h2-8,10,12-14H,9,11,15H2,1H3,(H,27,30)(H,28,29)/b22-14-. The van der Waals surface area contributed by atoms with E-state index in [1.807, 2.05) is 48.7 Å². The second-order valence-electron chi connectivity index (χ2n) is 6.94. The predicted molar refractivity (Wildman–Crippen MR) is 137 cm³/mol. The molecule has 1 aromatic heterocycles. The van der Waals surface area contributed by atoms with E-state index in [0.717, 1.165) is 16.0 Å². The lowest BCUT2D eigenvalue weighted by Gasteiger charge is -2.11. The van der Waals surface area contributed by atoms with Crippen LogP contribution in [0.15, 0.2) is 65.7 Å². The molecule has 0 bridgehead atoms. The minimum absolute atomic E-state index is 0.213. The molecule has 166 valence electrons. The number of carbonyl (C=O) groups excluding carboxylic acids is 2. The van der Waals surface area contributed by atoms with Crippen LogP contribution in [-0.2, 0) is 10.5 Å². The zero-order chi connectivity index (χ0) is 22.9. The van der Waals surface area contributed by atoms with E-state index >= 15 is 0 Å². The summed E-state index contributed by atoms with van der Waals surface area (Å²) in [7, 11) is 0. The van der Waals surface area contributed by atoms with Crippen molar-refractivity contribution in [1.82, 2.24) is 10.6 Å². The quantitative estimate of drug-likeness (QED) is 0.270. The summed E-state index contributed by atoms with van der Waals surface area (Å²) in [5.74, 6) is 0.763. The summed E-state index contributed by atoms with van der Waals surface area (Å²) in [6.45, 7) is 2.37. The largest absolute Gasteiger partial charge is 0.350 e. The molecule has 0 spiro atoms. The van der Waals surface area contributed by atoms with Gasteiger partial charge in [-0.3, -0.25) is 9.59 Å². The number of thiophene rings is 1. The van der Waals surface area contributed by atoms with Crippen molar-refractivity contribution in [3.8, 4) is 0 Å². The van der Waals surface area contributed by atoms with Crippen LogP contribution >= 0.6 is 46.3 Å². The Balaban J connectivity index is 1.57. The van der Waals surface area contributed by atoms with Gasteiger partial charge in [0, 0.05) is 38.5 Å². The van der Waals surface area contributed by atoms with Crippen LogP contribution in [0.1, 0.15) is 26.4 Å². The summed E-state index contributed by atoms with van der Waals surface area (Å²) in [6.07, 6.45) is 1.69. The second-order valence-corrected chi connectivity index (χ2v) is 9.87. The fraction of sp³-hybridized carbons (Fsp3) is 0.167. The number of halogens is 2. The average Bonchev–Trinajstić information content (AvgIpc) is 3.27. The number of carbonyl (C=O) groups is 2. The first-order chi connectivity index (χ1) is 15.4. The van der Waals surface area contributed by atoms with Gasteiger partial charge in [0.15, 0.2) is 0 Å². The van der Waals surface area contributed by atoms with Crippen molar-refractivity contribution < 1.29 is 9.59 Å². The lowest BCUT2D eigenvalue weighted by atomic mass is 10.1. The number of hydrogen-bond acceptors (Lipinski definition) is 4. The Kier molecular flexibility index (Phi) is 9.23. The zero-order valence-electron chi connectivity index (χ0n) is 17.4. The molecule has 0 aliphatic heterocycles. The first-order valence-corrected chi connectivity index (χ1v) is 12.6. The number of rotatable bonds is 9. The van der Waals surface area contributed by atoms with E-state index < -0.39 is 0 Å². The van der Waals surface area contributed by atoms with E-state index in [0.29, 0.717) is 33.7 Å². The van der Waals surface area contributed by atoms with Gasteiger partial charge in [-0.1, -0.05) is 53.0 Å². The highest BCUT2D eigenvalue weighted by Crippen LogP contribution is 2.24. The van der Waals surface area contributed by atoms with Crippen LogP contribution in [-0.4, -0.2) is 24.1 Å². The van der Waals surface area contributed by atoms with Crippen LogP contribution in [0.5, 0.6) is 0 Å². The van der Waals surface area contributed by atoms with Gasteiger partial charge in [-0.15, -0.1) is 11.3 Å². The molecule has 0 saturated carbocycles. The molecule has 0 aliphatic carbocycles. The van der Waals surface area contributed by atoms with Gasteiger partial charge in [-0.2, -0.15) is 11.8 Å². The maximum atomic E-state index is 12.8. The van der Waals surface area contributed by atoms with Gasteiger partial charge in [0.25, 0.3) is 11.8 Å². The van der Waals surface area contributed by atoms with Crippen molar-refractivity contribution in [2.75, 3.05) is 12.3 Å². The van der Waals surface area contributed by atoms with Crippen molar-refractivity contribution in [3.63, 3.8) is 0 Å². The third-order valence-electron chi connectivity index (χ3n) is 4.41. The summed E-state index contributed by atoms with van der Waals surface area (Å²) in [6, 6.07) is 16.5. The molecule has 0 saturated heterocycles. The van der Waals surface area contributed by atoms with Crippen molar-refractivity contribution in [1.29, 1.82) is 0 Å². The van der Waals surface area contributed by atoms with E-state index in [9.17, 15) is 9.59 Å². The maximum Gasteiger partial charge on any atom is 0.267 e. The van der Waals surface area contributed by atoms with Gasteiger partial charge in [-0.25, -0.2) is 0 Å². The van der Waals surface area contributed by atoms with Crippen molar-refractivity contribution in [2.45, 2.75) is 12.7 Å². The van der Waals surface area contributed by atoms with Crippen molar-refractivity contribution in [3.05, 3.63) is 97.3 Å². The van der Waals surface area contributed by atoms with E-state index in [1.165, 1.54) is 11.3 Å². The molecule has 0 atom stereocenters. The summed E-state index contributed by atoms with van der Waals surface area (Å²) < 4.78 is 0. The van der Waals surface area contributed by atoms with E-state index in [2.05, 4.69) is 10.6 Å². The van der Waals surface area contributed by atoms with Gasteiger partial charge >= 0.3 is 0 Å². The van der Waals surface area contributed by atoms with Crippen LogP contribution in [0.4, 0.5) is 0 Å². The number of benzene rings is 2. The first kappa shape index (κ1) is 24.4. The van der Waals surface area contributed by atoms with E-state index in [-0.39, 0.29) is 17.5 Å². The van der Waals surface area contributed by atoms with Crippen LogP contribution in [0.2, 0.25) is 10.0 Å². The third kappa shape index (κ3) is 7.41. The number of hydrogen-bond donors (Lipinski definition) is 2. The minimum atomic E-state index is -0.329. The highest BCUT2D eigenvalue weighted by atomic mass is 35.5. The highest BCUT2D eigenvalue weighted by Gasteiger charge is 2.15. The molecule has 4 nitrogen and oxygen atoms in total. The summed E-state index contributed by atoms with van der Waals surface area (Å²) in [5.41, 5.74) is 2.69. The van der Waals surface area contributed by atoms with Gasteiger partial charge in [0.05, 0.1) is 0 Å². The van der Waals surface area contributed by atoms with Crippen LogP contribution in [0.25, 0.3) is 6.08 Å². The Bertz CT molecular complexity index is 1110. The van der Waals surface area contributed by atoms with E-state index in [4.69, 9.17) is 23.2 Å². The molecule has 0 fully saturated rings. The lowest BCUT2D eigenvalue weighted by Crippen LogP contribution is -2.35. The molecule has 3 aromatic rings. The van der Waals surface area contributed by atoms with Gasteiger partial charge in [0.2, 0.25) is 0 Å². The molecular formula is C24H22Cl2N2O2S2. The Morgan fingerprint density at radius 3 is 2.66 bits per heavy atom. The molecule has 2 N–H and O–H groups in total. The molecule has 0 unspecified atom stereocenters. The zero-order valence-corrected chi connectivity index (χ0v) is 20.5. The number of aryl methyl sites for hydroxylation is 1. The minimum Gasteiger partial charge on any atom is -0.350 e. The molecule has 1 heterocycles. The average molecular weight is 505 g/mol. The van der Waals surface area contributed by atoms with Crippen LogP contribution in [0.3, 0.4) is 0 Å². The van der Waals surface area contributed by atoms with Crippen LogP contribution < -0.4 is 10.6 Å². The van der Waals surface area contributed by atoms with Gasteiger partial charge in [0.1, 0.15) is 5.70 Å². The molecule has 3 rings (SSSR count). The fourth-order valence-electron chi connectivity index (χ4n) is 2.81. The van der Waals surface area contributed by atoms with Crippen molar-refractivity contribution >= 4 is 64.2 Å². The summed E-state index contributed by atoms with van der Waals surface area (Å²) >= 11 is 15.3. The SMILES string of the molecule is Cc1cccc(C(=O)N/C(=C\c2cccs2)C(=O)NCCSCc2ccc(Cl)cc2Cl)c1. The molecular weight excluding hydrogens is 483 g/mol.